The third-order valence-electron chi connectivity index (χ3n) is 3.51. The summed E-state index contributed by atoms with van der Waals surface area (Å²) in [6, 6.07) is 13.6. The van der Waals surface area contributed by atoms with Crippen LogP contribution in [0.2, 0.25) is 0 Å². The molecule has 2 atom stereocenters. The summed E-state index contributed by atoms with van der Waals surface area (Å²) in [6.45, 7) is 4.02. The number of rotatable bonds is 2. The molecule has 2 unspecified atom stereocenters. The Hall–Kier alpha value is -1.33. The van der Waals surface area contributed by atoms with E-state index in [2.05, 4.69) is 35.7 Å². The Morgan fingerprint density at radius 3 is 2.56 bits per heavy atom. The molecule has 0 amide bonds. The van der Waals surface area contributed by atoms with Gasteiger partial charge in [-0.3, -0.25) is 0 Å². The third kappa shape index (κ3) is 2.10. The number of benzene rings is 1. The molecule has 1 aromatic rings. The summed E-state index contributed by atoms with van der Waals surface area (Å²) in [5.41, 5.74) is 1.06. The van der Waals surface area contributed by atoms with Gasteiger partial charge in [-0.1, -0.05) is 30.3 Å². The van der Waals surface area contributed by atoms with E-state index in [1.165, 1.54) is 5.56 Å². The van der Waals surface area contributed by atoms with Gasteiger partial charge in [-0.25, -0.2) is 0 Å². The van der Waals surface area contributed by atoms with Gasteiger partial charge in [0.1, 0.15) is 0 Å². The van der Waals surface area contributed by atoms with Gasteiger partial charge in [0.25, 0.3) is 0 Å². The molecule has 1 aliphatic heterocycles. The lowest BCUT2D eigenvalue weighted by Gasteiger charge is -2.25. The number of nitrogens with one attached hydrogen (secondary N) is 1. The SMILES string of the molecule is CC(C)(C#N)C1CCC(c2ccccc2)N1. The third-order valence-corrected chi connectivity index (χ3v) is 3.51. The lowest BCUT2D eigenvalue weighted by atomic mass is 9.85. The molecule has 16 heavy (non-hydrogen) atoms. The summed E-state index contributed by atoms with van der Waals surface area (Å²) >= 11 is 0. The van der Waals surface area contributed by atoms with E-state index < -0.39 is 0 Å². The van der Waals surface area contributed by atoms with E-state index >= 15 is 0 Å². The second-order valence-corrected chi connectivity index (χ2v) is 5.09. The van der Waals surface area contributed by atoms with Gasteiger partial charge in [0.2, 0.25) is 0 Å². The minimum absolute atomic E-state index is 0.274. The van der Waals surface area contributed by atoms with Crippen molar-refractivity contribution >= 4 is 0 Å². The van der Waals surface area contributed by atoms with Gasteiger partial charge in [-0.2, -0.15) is 5.26 Å². The van der Waals surface area contributed by atoms with Crippen molar-refractivity contribution in [3.05, 3.63) is 35.9 Å². The van der Waals surface area contributed by atoms with Crippen LogP contribution in [-0.4, -0.2) is 6.04 Å². The van der Waals surface area contributed by atoms with Crippen LogP contribution < -0.4 is 5.32 Å². The van der Waals surface area contributed by atoms with Crippen LogP contribution in [0.3, 0.4) is 0 Å². The molecule has 0 aliphatic carbocycles. The molecule has 1 aliphatic rings. The number of nitriles is 1. The van der Waals surface area contributed by atoms with Crippen LogP contribution in [-0.2, 0) is 0 Å². The van der Waals surface area contributed by atoms with Crippen LogP contribution in [0.1, 0.15) is 38.3 Å². The maximum absolute atomic E-state index is 9.12. The van der Waals surface area contributed by atoms with Gasteiger partial charge in [-0.15, -0.1) is 0 Å². The van der Waals surface area contributed by atoms with E-state index in [-0.39, 0.29) is 5.41 Å². The van der Waals surface area contributed by atoms with E-state index in [1.807, 2.05) is 19.9 Å². The second-order valence-electron chi connectivity index (χ2n) is 5.09. The normalized spacial score (nSPS) is 25.3. The van der Waals surface area contributed by atoms with E-state index in [4.69, 9.17) is 5.26 Å². The first kappa shape index (κ1) is 11.2. The zero-order chi connectivity index (χ0) is 11.6. The average Bonchev–Trinajstić information content (AvgIpc) is 2.80. The summed E-state index contributed by atoms with van der Waals surface area (Å²) in [4.78, 5) is 0. The van der Waals surface area contributed by atoms with Crippen LogP contribution in [0, 0.1) is 16.7 Å². The van der Waals surface area contributed by atoms with Crippen molar-refractivity contribution < 1.29 is 0 Å². The average molecular weight is 214 g/mol. The largest absolute Gasteiger partial charge is 0.306 e. The lowest BCUT2D eigenvalue weighted by molar-refractivity contribution is 0.341. The minimum Gasteiger partial charge on any atom is -0.306 e. The highest BCUT2D eigenvalue weighted by atomic mass is 15.0. The first-order valence-electron chi connectivity index (χ1n) is 5.86. The zero-order valence-electron chi connectivity index (χ0n) is 9.90. The van der Waals surface area contributed by atoms with Crippen LogP contribution in [0.5, 0.6) is 0 Å². The first-order chi connectivity index (χ1) is 7.63. The Balaban J connectivity index is 2.08. The molecule has 2 nitrogen and oxygen atoms in total. The van der Waals surface area contributed by atoms with Gasteiger partial charge in [0, 0.05) is 12.1 Å². The fraction of sp³-hybridized carbons (Fsp3) is 0.500. The maximum atomic E-state index is 9.12. The summed E-state index contributed by atoms with van der Waals surface area (Å²) in [5, 5.41) is 12.7. The summed E-state index contributed by atoms with van der Waals surface area (Å²) < 4.78 is 0. The monoisotopic (exact) mass is 214 g/mol. The van der Waals surface area contributed by atoms with E-state index in [0.29, 0.717) is 12.1 Å². The Labute approximate surface area is 97.3 Å². The highest BCUT2D eigenvalue weighted by molar-refractivity contribution is 5.21. The Morgan fingerprint density at radius 2 is 1.94 bits per heavy atom. The number of hydrogen-bond acceptors (Lipinski definition) is 2. The molecule has 2 rings (SSSR count). The number of hydrogen-bond donors (Lipinski definition) is 1. The minimum atomic E-state index is -0.274. The molecule has 2 heteroatoms. The molecule has 1 heterocycles. The lowest BCUT2D eigenvalue weighted by Crippen LogP contribution is -2.37. The summed E-state index contributed by atoms with van der Waals surface area (Å²) in [6.07, 6.45) is 2.21. The smallest absolute Gasteiger partial charge is 0.0700 e. The van der Waals surface area contributed by atoms with Crippen LogP contribution in [0.15, 0.2) is 30.3 Å². The van der Waals surface area contributed by atoms with Crippen molar-refractivity contribution in [3.63, 3.8) is 0 Å². The molecule has 1 aromatic carbocycles. The Morgan fingerprint density at radius 1 is 1.25 bits per heavy atom. The van der Waals surface area contributed by atoms with Gasteiger partial charge in [-0.05, 0) is 32.3 Å². The Kier molecular flexibility index (Phi) is 2.98. The zero-order valence-corrected chi connectivity index (χ0v) is 9.90. The topological polar surface area (TPSA) is 35.8 Å². The van der Waals surface area contributed by atoms with Crippen molar-refractivity contribution in [2.24, 2.45) is 5.41 Å². The predicted octanol–water partition coefficient (Wildman–Crippen LogP) is 3.03. The molecule has 84 valence electrons. The fourth-order valence-electron chi connectivity index (χ4n) is 2.34. The molecule has 1 N–H and O–H groups in total. The van der Waals surface area contributed by atoms with Crippen molar-refractivity contribution in [3.8, 4) is 6.07 Å². The van der Waals surface area contributed by atoms with Crippen molar-refractivity contribution in [2.75, 3.05) is 0 Å². The second kappa shape index (κ2) is 4.27. The molecule has 0 radical (unpaired) electrons. The first-order valence-corrected chi connectivity index (χ1v) is 5.86. The molecular weight excluding hydrogens is 196 g/mol. The van der Waals surface area contributed by atoms with Crippen molar-refractivity contribution in [1.29, 1.82) is 5.26 Å². The molecule has 0 saturated carbocycles. The maximum Gasteiger partial charge on any atom is 0.0700 e. The van der Waals surface area contributed by atoms with E-state index in [0.717, 1.165) is 12.8 Å². The van der Waals surface area contributed by atoms with E-state index in [1.54, 1.807) is 0 Å². The quantitative estimate of drug-likeness (QED) is 0.821. The van der Waals surface area contributed by atoms with Gasteiger partial charge < -0.3 is 5.32 Å². The predicted molar refractivity (Wildman–Crippen MR) is 64.7 cm³/mol. The van der Waals surface area contributed by atoms with E-state index in [9.17, 15) is 0 Å². The molecular formula is C14H18N2. The summed E-state index contributed by atoms with van der Waals surface area (Å²) in [7, 11) is 0. The number of nitrogens with zero attached hydrogens (tertiary/aromatic N) is 1. The van der Waals surface area contributed by atoms with Crippen LogP contribution in [0.25, 0.3) is 0 Å². The van der Waals surface area contributed by atoms with Crippen molar-refractivity contribution in [1.82, 2.24) is 5.32 Å². The highest BCUT2D eigenvalue weighted by Crippen LogP contribution is 2.34. The highest BCUT2D eigenvalue weighted by Gasteiger charge is 2.35. The molecule has 1 fully saturated rings. The fourth-order valence-corrected chi connectivity index (χ4v) is 2.34. The van der Waals surface area contributed by atoms with Crippen LogP contribution in [0.4, 0.5) is 0 Å². The Bertz CT molecular complexity index is 389. The summed E-state index contributed by atoms with van der Waals surface area (Å²) in [5.74, 6) is 0. The van der Waals surface area contributed by atoms with Gasteiger partial charge in [0.05, 0.1) is 11.5 Å². The molecule has 1 saturated heterocycles. The molecule has 0 spiro atoms. The molecule has 0 bridgehead atoms. The van der Waals surface area contributed by atoms with Gasteiger partial charge >= 0.3 is 0 Å². The van der Waals surface area contributed by atoms with Gasteiger partial charge in [0.15, 0.2) is 0 Å². The standard InChI is InChI=1S/C14H18N2/c1-14(2,10-15)13-9-8-12(16-13)11-6-4-3-5-7-11/h3-7,12-13,16H,8-9H2,1-2H3. The molecule has 0 aromatic heterocycles. The van der Waals surface area contributed by atoms with Crippen LogP contribution >= 0.6 is 0 Å². The van der Waals surface area contributed by atoms with Crippen molar-refractivity contribution in [2.45, 2.75) is 38.8 Å².